The highest BCUT2D eigenvalue weighted by Crippen LogP contribution is 2.40. The zero-order valence-electron chi connectivity index (χ0n) is 19.7. The number of methoxy groups -OCH3 is 1. The molecule has 0 fully saturated rings. The van der Waals surface area contributed by atoms with E-state index < -0.39 is 20.2 Å². The van der Waals surface area contributed by atoms with Crippen molar-refractivity contribution in [2.24, 2.45) is 0 Å². The number of fused-ring (bicyclic) bond motifs is 3. The minimum absolute atomic E-state index is 0.0362. The van der Waals surface area contributed by atoms with E-state index in [9.17, 15) is 9.59 Å². The van der Waals surface area contributed by atoms with Gasteiger partial charge in [-0.1, -0.05) is 39.0 Å². The molecule has 0 aliphatic heterocycles. The Morgan fingerprint density at radius 3 is 2.53 bits per heavy atom. The number of amides is 1. The molecule has 170 valence electrons. The van der Waals surface area contributed by atoms with E-state index in [1.54, 1.807) is 6.07 Å². The number of benzene rings is 1. The number of pyridine rings is 1. The van der Waals surface area contributed by atoms with Gasteiger partial charge in [-0.15, -0.1) is 0 Å². The zero-order valence-corrected chi connectivity index (χ0v) is 20.7. The van der Waals surface area contributed by atoms with Gasteiger partial charge in [0.2, 0.25) is 0 Å². The highest BCUT2D eigenvalue weighted by Gasteiger charge is 2.39. The number of hydrogen-bond donors (Lipinski definition) is 2. The Morgan fingerprint density at radius 1 is 1.19 bits per heavy atom. The smallest absolute Gasteiger partial charge is 0.331 e. The van der Waals surface area contributed by atoms with Gasteiger partial charge in [0.25, 0.3) is 5.91 Å². The highest BCUT2D eigenvalue weighted by atomic mass is 28.4. The molecule has 1 amide bonds. The van der Waals surface area contributed by atoms with Crippen molar-refractivity contribution in [3.8, 4) is 0 Å². The van der Waals surface area contributed by atoms with Crippen molar-refractivity contribution < 1.29 is 18.8 Å². The average Bonchev–Trinajstić information content (AvgIpc) is 3.10. The van der Waals surface area contributed by atoms with Crippen LogP contribution in [0.3, 0.4) is 0 Å². The van der Waals surface area contributed by atoms with E-state index in [1.165, 1.54) is 13.3 Å². The summed E-state index contributed by atoms with van der Waals surface area (Å²) in [5.74, 6) is -0.972. The van der Waals surface area contributed by atoms with E-state index in [1.807, 2.05) is 31.2 Å². The van der Waals surface area contributed by atoms with Gasteiger partial charge in [-0.05, 0) is 37.2 Å². The maximum Gasteiger partial charge on any atom is 0.331 e. The van der Waals surface area contributed by atoms with Crippen LogP contribution in [-0.4, -0.2) is 37.3 Å². The number of aromatic amines is 1. The van der Waals surface area contributed by atoms with Gasteiger partial charge in [0.1, 0.15) is 5.69 Å². The predicted octanol–water partition coefficient (Wildman–Crippen LogP) is 5.22. The van der Waals surface area contributed by atoms with Crippen LogP contribution < -0.4 is 5.32 Å². The summed E-state index contributed by atoms with van der Waals surface area (Å²) in [7, 11) is -0.802. The summed E-state index contributed by atoms with van der Waals surface area (Å²) >= 11 is 0. The third-order valence-electron chi connectivity index (χ3n) is 6.05. The Balaban J connectivity index is 2.08. The van der Waals surface area contributed by atoms with Crippen molar-refractivity contribution in [2.75, 3.05) is 7.11 Å². The molecule has 8 heteroatoms. The first-order chi connectivity index (χ1) is 14.9. The summed E-state index contributed by atoms with van der Waals surface area (Å²) in [4.78, 5) is 32.2. The fourth-order valence-corrected chi connectivity index (χ4v) is 4.63. The first-order valence-corrected chi connectivity index (χ1v) is 13.5. The minimum atomic E-state index is -2.08. The molecule has 3 aromatic rings. The lowest BCUT2D eigenvalue weighted by molar-refractivity contribution is -0.134. The van der Waals surface area contributed by atoms with Gasteiger partial charge in [-0.3, -0.25) is 4.79 Å². The van der Waals surface area contributed by atoms with Crippen molar-refractivity contribution in [1.29, 1.82) is 0 Å². The number of carbonyl (C=O) groups is 2. The summed E-state index contributed by atoms with van der Waals surface area (Å²) in [6.45, 7) is 12.9. The first-order valence-electron chi connectivity index (χ1n) is 10.6. The van der Waals surface area contributed by atoms with Crippen molar-refractivity contribution in [3.05, 3.63) is 54.0 Å². The van der Waals surface area contributed by atoms with E-state index in [-0.39, 0.29) is 16.8 Å². The van der Waals surface area contributed by atoms with Crippen LogP contribution in [0.1, 0.15) is 50.0 Å². The third kappa shape index (κ3) is 4.76. The lowest BCUT2D eigenvalue weighted by atomic mass is 10.1. The Labute approximate surface area is 189 Å². The van der Waals surface area contributed by atoms with Crippen LogP contribution in [0.4, 0.5) is 0 Å². The summed E-state index contributed by atoms with van der Waals surface area (Å²) in [5, 5.41) is 4.52. The lowest BCUT2D eigenvalue weighted by Crippen LogP contribution is -2.41. The van der Waals surface area contributed by atoms with Crippen molar-refractivity contribution in [3.63, 3.8) is 0 Å². The Hall–Kier alpha value is -2.97. The predicted molar refractivity (Wildman–Crippen MR) is 129 cm³/mol. The first kappa shape index (κ1) is 23.7. The number of H-pyrrole nitrogens is 1. The molecular formula is C24H31N3O4Si. The number of nitrogens with zero attached hydrogens (tertiary/aromatic N) is 1. The normalized spacial score (nSPS) is 13.6. The van der Waals surface area contributed by atoms with E-state index in [0.29, 0.717) is 5.69 Å². The topological polar surface area (TPSA) is 93.3 Å². The molecule has 0 bridgehead atoms. The van der Waals surface area contributed by atoms with Gasteiger partial charge >= 0.3 is 5.97 Å². The minimum Gasteiger partial charge on any atom is -0.466 e. The molecule has 0 saturated heterocycles. The van der Waals surface area contributed by atoms with Crippen LogP contribution in [0.2, 0.25) is 18.1 Å². The Kier molecular flexibility index (Phi) is 6.57. The fraction of sp³-hybridized carbons (Fsp3) is 0.375. The monoisotopic (exact) mass is 453 g/mol. The van der Waals surface area contributed by atoms with Crippen LogP contribution in [-0.2, 0) is 14.0 Å². The molecule has 0 radical (unpaired) electrons. The van der Waals surface area contributed by atoms with E-state index in [4.69, 9.17) is 4.43 Å². The van der Waals surface area contributed by atoms with Gasteiger partial charge in [0, 0.05) is 28.6 Å². The van der Waals surface area contributed by atoms with Crippen LogP contribution in [0.25, 0.3) is 21.8 Å². The number of hydrogen-bond acceptors (Lipinski definition) is 5. The summed E-state index contributed by atoms with van der Waals surface area (Å²) in [5.41, 5.74) is 2.76. The molecule has 1 atom stereocenters. The maximum atomic E-state index is 12.8. The molecule has 32 heavy (non-hydrogen) atoms. The second-order valence-corrected chi connectivity index (χ2v) is 14.1. The number of nitrogens with one attached hydrogen (secondary N) is 2. The number of aromatic nitrogens is 2. The second-order valence-electron chi connectivity index (χ2n) is 9.34. The van der Waals surface area contributed by atoms with E-state index in [0.717, 1.165) is 27.9 Å². The molecule has 0 unspecified atom stereocenters. The Bertz CT molecular complexity index is 1190. The summed E-state index contributed by atoms with van der Waals surface area (Å²) < 4.78 is 11.2. The molecule has 2 N–H and O–H groups in total. The zero-order chi connectivity index (χ0) is 23.7. The molecule has 0 aliphatic rings. The van der Waals surface area contributed by atoms with Crippen LogP contribution in [0.15, 0.2) is 42.6 Å². The van der Waals surface area contributed by atoms with Crippen molar-refractivity contribution in [2.45, 2.75) is 51.9 Å². The van der Waals surface area contributed by atoms with Gasteiger partial charge in [0.15, 0.2) is 8.32 Å². The van der Waals surface area contributed by atoms with Gasteiger partial charge in [-0.25, -0.2) is 9.78 Å². The molecule has 1 aromatic carbocycles. The summed E-state index contributed by atoms with van der Waals surface area (Å²) in [6, 6.07) is 9.70. The van der Waals surface area contributed by atoms with E-state index >= 15 is 0 Å². The number of esters is 1. The SMILES string of the molecule is COC(=O)/C=C\NC(=O)c1cc2c([nH]c3ccccc32)c([C@@H](C)O[Si](C)(C)C(C)(C)C)n1. The quantitative estimate of drug-likeness (QED) is 0.303. The molecule has 0 saturated carbocycles. The molecule has 7 nitrogen and oxygen atoms in total. The molecular weight excluding hydrogens is 422 g/mol. The molecule has 3 rings (SSSR count). The van der Waals surface area contributed by atoms with E-state index in [2.05, 4.69) is 53.9 Å². The van der Waals surface area contributed by atoms with Gasteiger partial charge in [0.05, 0.1) is 24.4 Å². The highest BCUT2D eigenvalue weighted by molar-refractivity contribution is 6.74. The van der Waals surface area contributed by atoms with Gasteiger partial charge in [-0.2, -0.15) is 0 Å². The molecule has 2 aromatic heterocycles. The number of carbonyl (C=O) groups excluding carboxylic acids is 2. The molecule has 2 heterocycles. The molecule has 0 spiro atoms. The average molecular weight is 454 g/mol. The number of rotatable bonds is 6. The van der Waals surface area contributed by atoms with Crippen LogP contribution in [0.5, 0.6) is 0 Å². The van der Waals surface area contributed by atoms with Crippen LogP contribution in [0, 0.1) is 0 Å². The van der Waals surface area contributed by atoms with Gasteiger partial charge < -0.3 is 19.5 Å². The lowest BCUT2D eigenvalue weighted by Gasteiger charge is -2.38. The Morgan fingerprint density at radius 2 is 1.88 bits per heavy atom. The van der Waals surface area contributed by atoms with Crippen molar-refractivity contribution in [1.82, 2.24) is 15.3 Å². The van der Waals surface area contributed by atoms with Crippen molar-refractivity contribution >= 4 is 42.0 Å². The maximum absolute atomic E-state index is 12.8. The summed E-state index contributed by atoms with van der Waals surface area (Å²) in [6.07, 6.45) is 2.08. The third-order valence-corrected chi connectivity index (χ3v) is 10.6. The number of ether oxygens (including phenoxy) is 1. The van der Waals surface area contributed by atoms with Crippen LogP contribution >= 0.6 is 0 Å². The largest absolute Gasteiger partial charge is 0.466 e. The molecule has 0 aliphatic carbocycles. The number of para-hydroxylation sites is 1. The standard InChI is InChI=1S/C24H31N3O4Si/c1-15(31-32(6,7)24(2,3)4)21-22-17(16-10-8-9-11-18(16)26-22)14-19(27-21)23(29)25-13-12-20(28)30-5/h8-15,26H,1-7H3,(H,25,29)/b13-12-/t15-/m1/s1. The second kappa shape index (κ2) is 8.88. The fourth-order valence-electron chi connectivity index (χ4n) is 3.28.